The molecule has 10 amide bonds. The molecular weight excluding hydrogens is 1710 g/mol. The molecule has 0 radical (unpaired) electrons. The molecule has 9 heterocycles. The number of thiophene rings is 1. The molecule has 0 bridgehead atoms. The lowest BCUT2D eigenvalue weighted by atomic mass is 9.99. The van der Waals surface area contributed by atoms with Crippen molar-refractivity contribution in [3.63, 3.8) is 0 Å². The molecule has 1 aliphatic rings. The van der Waals surface area contributed by atoms with Crippen molar-refractivity contribution in [1.82, 2.24) is 83.3 Å². The highest BCUT2D eigenvalue weighted by Gasteiger charge is 2.33. The van der Waals surface area contributed by atoms with Crippen LogP contribution in [0.25, 0.3) is 5.00 Å². The molecule has 41 nitrogen and oxygen atoms in total. The number of aryl methyl sites for hydroxylation is 8. The highest BCUT2D eigenvalue weighted by molar-refractivity contribution is 7.15. The minimum atomic E-state index is -0.643. The number of hydrogen-bond acceptors (Lipinski definition) is 25. The van der Waals surface area contributed by atoms with Gasteiger partial charge in [0.25, 0.3) is 35.4 Å². The van der Waals surface area contributed by atoms with Gasteiger partial charge in [-0.25, -0.2) is 15.0 Å². The van der Waals surface area contributed by atoms with Crippen LogP contribution < -0.4 is 57.9 Å². The smallest absolute Gasteiger partial charge is 0.291 e. The van der Waals surface area contributed by atoms with E-state index in [9.17, 15) is 47.9 Å². The molecule has 10 N–H and O–H groups in total. The average molecular weight is 1820 g/mol. The monoisotopic (exact) mass is 1820 g/mol. The fourth-order valence-corrected chi connectivity index (χ4v) is 14.9. The zero-order chi connectivity index (χ0) is 92.0. The Morgan fingerprint density at radius 3 is 1.40 bits per heavy atom. The number of aromatic nitrogens is 12. The van der Waals surface area contributed by atoms with E-state index in [-0.39, 0.29) is 109 Å². The maximum Gasteiger partial charge on any atom is 0.291 e. The normalized spacial score (nSPS) is 12.2. The summed E-state index contributed by atoms with van der Waals surface area (Å²) in [5, 5.41) is 38.1. The number of hydrogen-bond donors (Lipinski definition) is 10. The van der Waals surface area contributed by atoms with Gasteiger partial charge in [0.05, 0.1) is 108 Å². The van der Waals surface area contributed by atoms with Crippen molar-refractivity contribution in [3.8, 4) is 10.8 Å². The highest BCUT2D eigenvalue weighted by atomic mass is 35.5. The molecule has 0 aliphatic carbocycles. The van der Waals surface area contributed by atoms with Gasteiger partial charge in [0.2, 0.25) is 35.3 Å². The molecule has 0 fully saturated rings. The van der Waals surface area contributed by atoms with E-state index in [1.807, 2.05) is 42.8 Å². The molecule has 8 aromatic heterocycles. The maximum absolute atomic E-state index is 13.6. The molecular formula is C86H109ClN24O17S. The fraction of sp³-hybridized carbons (Fsp3) is 0.419. The number of nitrogens with one attached hydrogen (secondary N) is 10. The van der Waals surface area contributed by atoms with Crippen molar-refractivity contribution in [2.24, 2.45) is 47.3 Å². The van der Waals surface area contributed by atoms with Gasteiger partial charge >= 0.3 is 0 Å². The van der Waals surface area contributed by atoms with E-state index < -0.39 is 47.4 Å². The Morgan fingerprint density at radius 2 is 0.915 bits per heavy atom. The Kier molecular flexibility index (Phi) is 35.7. The van der Waals surface area contributed by atoms with Crippen LogP contribution in [0.5, 0.6) is 5.75 Å². The summed E-state index contributed by atoms with van der Waals surface area (Å²) in [5.74, 6) is -2.14. The minimum Gasteiger partial charge on any atom is -0.491 e. The quantitative estimate of drug-likeness (QED) is 0.0183. The van der Waals surface area contributed by atoms with E-state index in [1.165, 1.54) is 55.2 Å². The van der Waals surface area contributed by atoms with E-state index >= 15 is 0 Å². The van der Waals surface area contributed by atoms with Crippen molar-refractivity contribution >= 4 is 122 Å². The second-order valence-electron chi connectivity index (χ2n) is 30.2. The fourth-order valence-electron chi connectivity index (χ4n) is 13.5. The molecule has 0 saturated heterocycles. The van der Waals surface area contributed by atoms with Gasteiger partial charge in [-0.2, -0.15) is 0 Å². The molecule has 1 unspecified atom stereocenters. The Hall–Kier alpha value is -13.1. The van der Waals surface area contributed by atoms with Crippen molar-refractivity contribution in [2.45, 2.75) is 65.3 Å². The van der Waals surface area contributed by atoms with Crippen LogP contribution in [0.2, 0.25) is 5.02 Å². The van der Waals surface area contributed by atoms with Crippen LogP contribution in [0.1, 0.15) is 141 Å². The zero-order valence-corrected chi connectivity index (χ0v) is 75.2. The molecule has 1 atom stereocenters. The number of carbonyl (C=O) groups is 10. The largest absolute Gasteiger partial charge is 0.491 e. The lowest BCUT2D eigenvalue weighted by Gasteiger charge is -2.17. The van der Waals surface area contributed by atoms with Gasteiger partial charge in [-0.15, -0.1) is 21.5 Å². The van der Waals surface area contributed by atoms with Gasteiger partial charge in [0.1, 0.15) is 46.3 Å². The first kappa shape index (κ1) is 96.6. The number of fused-ring (bicyclic) bond motifs is 3. The number of carbonyl (C=O) groups excluding carboxylic acids is 10. The van der Waals surface area contributed by atoms with Crippen molar-refractivity contribution in [3.05, 3.63) is 183 Å². The highest BCUT2D eigenvalue weighted by Crippen LogP contribution is 2.40. The molecule has 0 saturated carbocycles. The summed E-state index contributed by atoms with van der Waals surface area (Å²) in [6.45, 7) is 13.2. The first-order valence-corrected chi connectivity index (χ1v) is 43.0. The Balaban J connectivity index is 0.451. The molecule has 43 heteroatoms. The van der Waals surface area contributed by atoms with Crippen LogP contribution in [-0.4, -0.2) is 259 Å². The van der Waals surface area contributed by atoms with Gasteiger partial charge in [0.15, 0.2) is 23.3 Å². The number of anilines is 6. The molecule has 688 valence electrons. The summed E-state index contributed by atoms with van der Waals surface area (Å²) in [6.07, 6.45) is 12.1. The lowest BCUT2D eigenvalue weighted by Crippen LogP contribution is -2.31. The number of ether oxygens (including phenoxy) is 7. The first-order chi connectivity index (χ1) is 62.1. The number of rotatable bonds is 51. The van der Waals surface area contributed by atoms with Crippen LogP contribution in [-0.2, 0) is 89.9 Å². The first-order valence-electron chi connectivity index (χ1n) is 41.9. The Labute approximate surface area is 753 Å². The van der Waals surface area contributed by atoms with Crippen molar-refractivity contribution in [2.75, 3.05) is 164 Å². The number of amides is 10. The third-order valence-electron chi connectivity index (χ3n) is 20.2. The van der Waals surface area contributed by atoms with Crippen LogP contribution in [0.4, 0.5) is 34.4 Å². The van der Waals surface area contributed by atoms with Gasteiger partial charge in [-0.3, -0.25) is 57.5 Å². The molecule has 11 rings (SSSR count). The van der Waals surface area contributed by atoms with Gasteiger partial charge in [0, 0.05) is 158 Å². The van der Waals surface area contributed by atoms with Gasteiger partial charge < -0.3 is 119 Å². The van der Waals surface area contributed by atoms with E-state index in [2.05, 4.69) is 97.1 Å². The van der Waals surface area contributed by atoms with Crippen LogP contribution >= 0.6 is 22.9 Å². The van der Waals surface area contributed by atoms with Crippen molar-refractivity contribution in [1.29, 1.82) is 0 Å². The number of imidazole rings is 3. The SMILES string of the molecule is Cc1sc2c(c1C)C(c1ccc(Cl)cc1)=NC(CC(=O)Nc1ccc(OCCOCCOCCOCCOCCOCCOCCC(=O)NCCCN(C)CCCNC(=O)c3cc(NC(=O)c4nc(NC(=O)CCNC(=O)c5cc(NC(=O)c6nc(NC(=O)CCNC(=O)c7cc(NC(=O)c8nccn8C)cn7C)cn6C)cn5C)cn4C)cn3C)cc1)c1nnc(C)n1-2. The van der Waals surface area contributed by atoms with Gasteiger partial charge in [-0.1, -0.05) is 23.7 Å². The van der Waals surface area contributed by atoms with Gasteiger partial charge in [-0.05, 0) is 114 Å². The third kappa shape index (κ3) is 28.2. The lowest BCUT2D eigenvalue weighted by molar-refractivity contribution is -0.122. The summed E-state index contributed by atoms with van der Waals surface area (Å²) >= 11 is 7.92. The van der Waals surface area contributed by atoms with E-state index in [4.69, 9.17) is 49.8 Å². The number of nitrogens with zero attached hydrogens (tertiary/aromatic N) is 14. The Morgan fingerprint density at radius 1 is 0.457 bits per heavy atom. The van der Waals surface area contributed by atoms with Crippen molar-refractivity contribution < 1.29 is 81.1 Å². The molecule has 2 aromatic carbocycles. The standard InChI is InChI=1S/C86H109ClN24O17S/c1-54-55(2)129-86-74(54)75(57-13-15-58(87)16-14-57)97-64(76-103-102-56(3)111(76)86)48-73(115)93-59-17-19-63(20-18-59)128-44-43-127-42-41-126-40-39-125-38-37-124-36-35-123-34-33-122-32-23-70(112)88-24-11-29-104(4)30-12-25-90-80(116)65-46-61(50-106(65)6)95-84(120)78-100-68(52-109(78)9)98-72(114)22-27-92-82(118)67-47-62(51-108(67)8)96-85(121)79-101-69(53-110(79)10)99-71(113)21-26-91-81(117)66-45-60(49-107(66)7)94-83(119)77-89-28-31-105(77)5/h13-20,28,31,45-47,49-53,64H,11-12,21-27,29-30,32-44,48H2,1-10H3,(H,88,112)(H,90,116)(H,91,117)(H,92,118)(H,93,115)(H,94,119)(H,95,120)(H,96,121)(H,98,114)(H,99,113). The topological polar surface area (TPSA) is 470 Å². The molecule has 1 aliphatic heterocycles. The third-order valence-corrected chi connectivity index (χ3v) is 21.7. The summed E-state index contributed by atoms with van der Waals surface area (Å²) < 4.78 is 50.5. The maximum atomic E-state index is 13.6. The summed E-state index contributed by atoms with van der Waals surface area (Å²) in [4.78, 5) is 152. The molecule has 129 heavy (non-hydrogen) atoms. The summed E-state index contributed by atoms with van der Waals surface area (Å²) in [5.41, 5.74) is 6.10. The second kappa shape index (κ2) is 47.7. The van der Waals surface area contributed by atoms with E-state index in [1.54, 1.807) is 112 Å². The van der Waals surface area contributed by atoms with Crippen LogP contribution in [0.3, 0.4) is 0 Å². The second-order valence-corrected chi connectivity index (χ2v) is 31.8. The predicted molar refractivity (Wildman–Crippen MR) is 481 cm³/mol. The van der Waals surface area contributed by atoms with E-state index in [0.717, 1.165) is 51.1 Å². The Bertz CT molecular complexity index is 5580. The predicted octanol–water partition coefficient (Wildman–Crippen LogP) is 6.45. The average Bonchev–Trinajstić information content (AvgIpc) is 1.59. The number of benzene rings is 2. The zero-order valence-electron chi connectivity index (χ0n) is 73.6. The molecule has 0 spiro atoms. The minimum absolute atomic E-state index is 0.0306. The summed E-state index contributed by atoms with van der Waals surface area (Å²) in [7, 11) is 11.7. The summed E-state index contributed by atoms with van der Waals surface area (Å²) in [6, 6.07) is 18.6. The van der Waals surface area contributed by atoms with Crippen LogP contribution in [0, 0.1) is 20.8 Å². The van der Waals surface area contributed by atoms with Crippen LogP contribution in [0.15, 0.2) is 115 Å². The molecule has 10 aromatic rings. The number of aliphatic imine (C=N–C) groups is 1. The van der Waals surface area contributed by atoms with E-state index in [0.29, 0.717) is 145 Å². The number of halogens is 1.